The second kappa shape index (κ2) is 13.4. The number of terminal acetylenes is 1. The maximum atomic E-state index is 9.11. The predicted octanol–water partition coefficient (Wildman–Crippen LogP) is 7.35. The summed E-state index contributed by atoms with van der Waals surface area (Å²) in [6.45, 7) is 8.24. The Labute approximate surface area is 220 Å². The fourth-order valence-corrected chi connectivity index (χ4v) is 5.09. The standard InChI is InChI=1S/C32H33N3S/c1-6-15-26(36-22-33)18-13-19-28-23(4)24(5)35-32-30(28)21-14-20-29(31(32)34-8-3)27(7-2)25-16-11-9-10-12-17-25/h3,6-7,9-16,18,20,26,34H,17,19,21H2,1-2,4-5H3/b15-6?,18-13-,27-7-. The zero-order valence-corrected chi connectivity index (χ0v) is 22.3. The summed E-state index contributed by atoms with van der Waals surface area (Å²) < 4.78 is 0. The van der Waals surface area contributed by atoms with Gasteiger partial charge in [0.15, 0.2) is 0 Å². The van der Waals surface area contributed by atoms with E-state index in [0.29, 0.717) is 0 Å². The topological polar surface area (TPSA) is 48.7 Å². The molecule has 2 aliphatic rings. The van der Waals surface area contributed by atoms with Crippen molar-refractivity contribution in [2.24, 2.45) is 0 Å². The average Bonchev–Trinajstić information content (AvgIpc) is 3.23. The van der Waals surface area contributed by atoms with E-state index in [4.69, 9.17) is 16.7 Å². The van der Waals surface area contributed by atoms with Crippen molar-refractivity contribution in [3.05, 3.63) is 118 Å². The van der Waals surface area contributed by atoms with Crippen molar-refractivity contribution in [3.8, 4) is 17.9 Å². The van der Waals surface area contributed by atoms with Gasteiger partial charge >= 0.3 is 0 Å². The lowest BCUT2D eigenvalue weighted by Crippen LogP contribution is -2.15. The minimum absolute atomic E-state index is 0.0418. The highest BCUT2D eigenvalue weighted by Crippen LogP contribution is 2.35. The van der Waals surface area contributed by atoms with Crippen LogP contribution in [0.4, 0.5) is 0 Å². The van der Waals surface area contributed by atoms with E-state index in [1.165, 1.54) is 34.0 Å². The Balaban J connectivity index is 2.14. The number of nitrogens with one attached hydrogen (secondary N) is 1. The number of aryl methyl sites for hydroxylation is 1. The Bertz CT molecular complexity index is 1310. The van der Waals surface area contributed by atoms with Crippen molar-refractivity contribution < 1.29 is 0 Å². The first-order valence-electron chi connectivity index (χ1n) is 12.2. The van der Waals surface area contributed by atoms with Gasteiger partial charge in [-0.2, -0.15) is 5.26 Å². The van der Waals surface area contributed by atoms with E-state index in [2.05, 4.69) is 98.3 Å². The van der Waals surface area contributed by atoms with Gasteiger partial charge in [-0.15, -0.1) is 0 Å². The third-order valence-corrected chi connectivity index (χ3v) is 7.06. The Kier molecular flexibility index (Phi) is 9.99. The van der Waals surface area contributed by atoms with Crippen molar-refractivity contribution in [3.63, 3.8) is 0 Å². The number of rotatable bonds is 8. The fraction of sp³-hybridized carbons (Fsp3) is 0.250. The Morgan fingerprint density at radius 2 is 2.03 bits per heavy atom. The zero-order chi connectivity index (χ0) is 25.9. The smallest absolute Gasteiger partial charge is 0.134 e. The fourth-order valence-electron chi connectivity index (χ4n) is 4.54. The van der Waals surface area contributed by atoms with E-state index >= 15 is 0 Å². The van der Waals surface area contributed by atoms with Gasteiger partial charge in [0, 0.05) is 17.3 Å². The molecule has 36 heavy (non-hydrogen) atoms. The van der Waals surface area contributed by atoms with Gasteiger partial charge in [-0.1, -0.05) is 79.3 Å². The monoisotopic (exact) mass is 491 g/mol. The molecular formula is C32H33N3S. The number of pyridine rings is 1. The van der Waals surface area contributed by atoms with Gasteiger partial charge in [-0.05, 0) is 86.6 Å². The van der Waals surface area contributed by atoms with Crippen molar-refractivity contribution in [1.82, 2.24) is 10.3 Å². The molecule has 1 aromatic heterocycles. The van der Waals surface area contributed by atoms with Crippen molar-refractivity contribution in [1.29, 1.82) is 5.26 Å². The van der Waals surface area contributed by atoms with E-state index in [0.717, 1.165) is 47.5 Å². The van der Waals surface area contributed by atoms with Crippen molar-refractivity contribution in [2.45, 2.75) is 52.2 Å². The largest absolute Gasteiger partial charge is 0.313 e. The number of hydrogen-bond donors (Lipinski definition) is 1. The molecule has 0 radical (unpaired) electrons. The highest BCUT2D eigenvalue weighted by molar-refractivity contribution is 8.04. The van der Waals surface area contributed by atoms with Gasteiger partial charge < -0.3 is 5.32 Å². The molecule has 182 valence electrons. The van der Waals surface area contributed by atoms with E-state index in [1.54, 1.807) is 0 Å². The van der Waals surface area contributed by atoms with Crippen molar-refractivity contribution >= 4 is 17.5 Å². The number of nitriles is 1. The maximum absolute atomic E-state index is 9.11. The lowest BCUT2D eigenvalue weighted by molar-refractivity contribution is 0.998. The van der Waals surface area contributed by atoms with Crippen LogP contribution >= 0.6 is 11.8 Å². The summed E-state index contributed by atoms with van der Waals surface area (Å²) in [5.74, 6) is 0. The number of fused-ring (bicyclic) bond motifs is 1. The zero-order valence-electron chi connectivity index (χ0n) is 21.5. The molecule has 4 heteroatoms. The van der Waals surface area contributed by atoms with Crippen LogP contribution in [0, 0.1) is 37.0 Å². The van der Waals surface area contributed by atoms with Gasteiger partial charge in [0.05, 0.1) is 16.6 Å². The molecule has 0 aliphatic heterocycles. The molecule has 1 heterocycles. The van der Waals surface area contributed by atoms with Crippen LogP contribution in [-0.4, -0.2) is 10.2 Å². The molecule has 0 amide bonds. The quantitative estimate of drug-likeness (QED) is 0.179. The molecule has 1 unspecified atom stereocenters. The Morgan fingerprint density at radius 1 is 1.19 bits per heavy atom. The van der Waals surface area contributed by atoms with Crippen LogP contribution in [0.5, 0.6) is 0 Å². The minimum atomic E-state index is 0.0418. The second-order valence-electron chi connectivity index (χ2n) is 8.54. The molecule has 3 nitrogen and oxygen atoms in total. The molecule has 1 aromatic rings. The predicted molar refractivity (Wildman–Crippen MR) is 155 cm³/mol. The summed E-state index contributed by atoms with van der Waals surface area (Å²) in [4.78, 5) is 5.05. The van der Waals surface area contributed by atoms with Crippen LogP contribution in [-0.2, 0) is 12.8 Å². The summed E-state index contributed by atoms with van der Waals surface area (Å²) >= 11 is 1.25. The minimum Gasteiger partial charge on any atom is -0.313 e. The molecular weight excluding hydrogens is 458 g/mol. The second-order valence-corrected chi connectivity index (χ2v) is 9.50. The number of thiocyanates is 1. The third-order valence-electron chi connectivity index (χ3n) is 6.37. The van der Waals surface area contributed by atoms with Gasteiger partial charge in [0.1, 0.15) is 5.40 Å². The molecule has 0 aromatic carbocycles. The number of aromatic nitrogens is 1. The first-order chi connectivity index (χ1) is 17.5. The van der Waals surface area contributed by atoms with Crippen molar-refractivity contribution in [2.75, 3.05) is 0 Å². The van der Waals surface area contributed by atoms with Crippen LogP contribution in [0.2, 0.25) is 0 Å². The lowest BCUT2D eigenvalue weighted by atomic mass is 9.91. The highest BCUT2D eigenvalue weighted by atomic mass is 32.2. The van der Waals surface area contributed by atoms with Crippen LogP contribution in [0.1, 0.15) is 48.3 Å². The van der Waals surface area contributed by atoms with Gasteiger partial charge in [0.2, 0.25) is 0 Å². The summed E-state index contributed by atoms with van der Waals surface area (Å²) in [6.07, 6.45) is 33.5. The lowest BCUT2D eigenvalue weighted by Gasteiger charge is -2.20. The average molecular weight is 492 g/mol. The van der Waals surface area contributed by atoms with Crippen LogP contribution in [0.25, 0.3) is 5.70 Å². The van der Waals surface area contributed by atoms with E-state index in [1.807, 2.05) is 19.1 Å². The van der Waals surface area contributed by atoms with E-state index in [-0.39, 0.29) is 5.25 Å². The summed E-state index contributed by atoms with van der Waals surface area (Å²) in [5, 5.41) is 14.6. The number of allylic oxidation sites excluding steroid dienone is 13. The number of nitrogens with zero attached hydrogens (tertiary/aromatic N) is 2. The molecule has 3 rings (SSSR count). The van der Waals surface area contributed by atoms with Crippen LogP contribution in [0.3, 0.4) is 0 Å². The number of thioether (sulfide) groups is 1. The summed E-state index contributed by atoms with van der Waals surface area (Å²) in [7, 11) is 0. The third kappa shape index (κ3) is 6.28. The molecule has 1 N–H and O–H groups in total. The van der Waals surface area contributed by atoms with Gasteiger partial charge in [-0.25, -0.2) is 0 Å². The van der Waals surface area contributed by atoms with E-state index in [9.17, 15) is 0 Å². The van der Waals surface area contributed by atoms with Gasteiger partial charge in [0.25, 0.3) is 0 Å². The molecule has 0 spiro atoms. The molecule has 0 fully saturated rings. The summed E-state index contributed by atoms with van der Waals surface area (Å²) in [5.41, 5.74) is 9.86. The molecule has 2 aliphatic carbocycles. The summed E-state index contributed by atoms with van der Waals surface area (Å²) in [6, 6.07) is 2.66. The van der Waals surface area contributed by atoms with Gasteiger partial charge in [-0.3, -0.25) is 4.98 Å². The Hall–Kier alpha value is -3.73. The van der Waals surface area contributed by atoms with Crippen LogP contribution in [0.15, 0.2) is 89.6 Å². The van der Waals surface area contributed by atoms with E-state index < -0.39 is 0 Å². The first kappa shape index (κ1) is 26.9. The highest BCUT2D eigenvalue weighted by Gasteiger charge is 2.23. The Morgan fingerprint density at radius 3 is 2.75 bits per heavy atom. The first-order valence-corrected chi connectivity index (χ1v) is 13.1. The number of hydrogen-bond acceptors (Lipinski definition) is 4. The normalized spacial score (nSPS) is 16.4. The van der Waals surface area contributed by atoms with Crippen LogP contribution < -0.4 is 5.32 Å². The molecule has 1 atom stereocenters. The SMILES string of the molecule is C#CNC1=C(/C(=C\C)C2=CC=CC=CC2)C=CCc2c1nc(C)c(C)c2C/C=C\C(C=CC)SC#N. The molecule has 0 bridgehead atoms. The molecule has 0 saturated heterocycles. The maximum Gasteiger partial charge on any atom is 0.134 e. The molecule has 0 saturated carbocycles.